The van der Waals surface area contributed by atoms with Crippen LogP contribution in [-0.4, -0.2) is 27.1 Å². The summed E-state index contributed by atoms with van der Waals surface area (Å²) >= 11 is 0. The highest BCUT2D eigenvalue weighted by atomic mass is 16.6. The molecule has 1 aliphatic heterocycles. The smallest absolute Gasteiger partial charge is 0.314 e. The van der Waals surface area contributed by atoms with Crippen molar-refractivity contribution >= 4 is 11.9 Å². The number of ether oxygens (including phenoxy) is 1. The fourth-order valence-electron chi connectivity index (χ4n) is 1.29. The molecular weight excluding hydrogens is 174 g/mol. The molecule has 68 valence electrons. The number of hydrogen-bond donors (Lipinski definition) is 1. The highest BCUT2D eigenvalue weighted by Crippen LogP contribution is 2.24. The highest BCUT2D eigenvalue weighted by Gasteiger charge is 2.29. The lowest BCUT2D eigenvalue weighted by Crippen LogP contribution is -2.24. The molecule has 1 N–H and O–H groups in total. The average molecular weight is 181 g/mol. The van der Waals surface area contributed by atoms with E-state index < -0.39 is 11.9 Å². The zero-order valence-electron chi connectivity index (χ0n) is 6.69. The summed E-state index contributed by atoms with van der Waals surface area (Å²) in [7, 11) is 0. The standard InChI is InChI=1S/C7H7N3O3/c11-5-1-4(2-6(12)13-5)7-8-3-9-10-7/h3-4H,1-2H2,(H,8,9,10). The predicted octanol–water partition coefficient (Wildman–Crippen LogP) is -0.248. The van der Waals surface area contributed by atoms with Gasteiger partial charge in [-0.15, -0.1) is 0 Å². The van der Waals surface area contributed by atoms with Gasteiger partial charge in [-0.3, -0.25) is 14.7 Å². The summed E-state index contributed by atoms with van der Waals surface area (Å²) in [5, 5.41) is 6.27. The van der Waals surface area contributed by atoms with Crippen molar-refractivity contribution in [3.8, 4) is 0 Å². The average Bonchev–Trinajstić information content (AvgIpc) is 2.53. The molecule has 2 heterocycles. The van der Waals surface area contributed by atoms with E-state index in [-0.39, 0.29) is 18.8 Å². The van der Waals surface area contributed by atoms with Crippen LogP contribution in [0, 0.1) is 0 Å². The third-order valence-corrected chi connectivity index (χ3v) is 1.87. The number of rotatable bonds is 1. The summed E-state index contributed by atoms with van der Waals surface area (Å²) in [6.45, 7) is 0. The molecule has 0 saturated carbocycles. The molecule has 2 rings (SSSR count). The molecule has 0 aliphatic carbocycles. The Morgan fingerprint density at radius 1 is 1.38 bits per heavy atom. The number of aromatic amines is 1. The first-order valence-electron chi connectivity index (χ1n) is 3.84. The van der Waals surface area contributed by atoms with E-state index in [1.807, 2.05) is 0 Å². The fraction of sp³-hybridized carbons (Fsp3) is 0.429. The van der Waals surface area contributed by atoms with E-state index in [1.54, 1.807) is 0 Å². The van der Waals surface area contributed by atoms with Gasteiger partial charge in [0.1, 0.15) is 12.2 Å². The molecule has 1 saturated heterocycles. The van der Waals surface area contributed by atoms with Crippen LogP contribution in [0.2, 0.25) is 0 Å². The maximum atomic E-state index is 10.9. The zero-order valence-corrected chi connectivity index (χ0v) is 6.69. The number of cyclic esters (lactones) is 2. The summed E-state index contributed by atoms with van der Waals surface area (Å²) in [4.78, 5) is 25.6. The molecule has 0 unspecified atom stereocenters. The third-order valence-electron chi connectivity index (χ3n) is 1.87. The monoisotopic (exact) mass is 181 g/mol. The van der Waals surface area contributed by atoms with Crippen LogP contribution in [-0.2, 0) is 14.3 Å². The fourth-order valence-corrected chi connectivity index (χ4v) is 1.29. The van der Waals surface area contributed by atoms with Gasteiger partial charge in [0.2, 0.25) is 0 Å². The molecule has 0 spiro atoms. The summed E-state index contributed by atoms with van der Waals surface area (Å²) < 4.78 is 4.37. The number of carbonyl (C=O) groups is 2. The molecule has 0 aromatic carbocycles. The normalized spacial score (nSPS) is 18.8. The minimum atomic E-state index is -0.502. The molecule has 6 heteroatoms. The lowest BCUT2D eigenvalue weighted by molar-refractivity contribution is -0.164. The van der Waals surface area contributed by atoms with E-state index in [0.29, 0.717) is 5.82 Å². The first-order chi connectivity index (χ1) is 6.25. The van der Waals surface area contributed by atoms with E-state index in [0.717, 1.165) is 0 Å². The van der Waals surface area contributed by atoms with Gasteiger partial charge in [0, 0.05) is 5.92 Å². The Labute approximate surface area is 73.3 Å². The first-order valence-corrected chi connectivity index (χ1v) is 3.84. The van der Waals surface area contributed by atoms with Crippen LogP contribution in [0.3, 0.4) is 0 Å². The van der Waals surface area contributed by atoms with Crippen molar-refractivity contribution in [2.45, 2.75) is 18.8 Å². The third kappa shape index (κ3) is 1.56. The number of aromatic nitrogens is 3. The van der Waals surface area contributed by atoms with Gasteiger partial charge >= 0.3 is 11.9 Å². The summed E-state index contributed by atoms with van der Waals surface area (Å²) in [5.74, 6) is -0.656. The van der Waals surface area contributed by atoms with Gasteiger partial charge in [-0.1, -0.05) is 0 Å². The second-order valence-electron chi connectivity index (χ2n) is 2.82. The number of hydrogen-bond acceptors (Lipinski definition) is 5. The van der Waals surface area contributed by atoms with E-state index in [4.69, 9.17) is 0 Å². The molecule has 0 radical (unpaired) electrons. The Morgan fingerprint density at radius 3 is 2.62 bits per heavy atom. The van der Waals surface area contributed by atoms with Crippen molar-refractivity contribution in [1.29, 1.82) is 0 Å². The molecule has 0 atom stereocenters. The minimum Gasteiger partial charge on any atom is -0.393 e. The van der Waals surface area contributed by atoms with Crippen LogP contribution in [0.5, 0.6) is 0 Å². The maximum Gasteiger partial charge on any atom is 0.314 e. The van der Waals surface area contributed by atoms with E-state index in [1.165, 1.54) is 6.33 Å². The van der Waals surface area contributed by atoms with Crippen LogP contribution >= 0.6 is 0 Å². The van der Waals surface area contributed by atoms with Crippen molar-refractivity contribution in [3.63, 3.8) is 0 Å². The van der Waals surface area contributed by atoms with E-state index >= 15 is 0 Å². The van der Waals surface area contributed by atoms with Crippen molar-refractivity contribution < 1.29 is 14.3 Å². The number of esters is 2. The number of carbonyl (C=O) groups excluding carboxylic acids is 2. The number of nitrogens with one attached hydrogen (secondary N) is 1. The second-order valence-corrected chi connectivity index (χ2v) is 2.82. The Morgan fingerprint density at radius 2 is 2.08 bits per heavy atom. The SMILES string of the molecule is O=C1CC(c2ncn[nH]2)CC(=O)O1. The number of nitrogens with zero attached hydrogens (tertiary/aromatic N) is 2. The Hall–Kier alpha value is -1.72. The summed E-state index contributed by atoms with van der Waals surface area (Å²) in [6.07, 6.45) is 1.71. The minimum absolute atomic E-state index is 0.181. The lowest BCUT2D eigenvalue weighted by Gasteiger charge is -2.16. The predicted molar refractivity (Wildman–Crippen MR) is 39.5 cm³/mol. The topological polar surface area (TPSA) is 84.9 Å². The Bertz CT molecular complexity index is 317. The molecule has 0 amide bonds. The van der Waals surface area contributed by atoms with E-state index in [9.17, 15) is 9.59 Å². The zero-order chi connectivity index (χ0) is 9.26. The molecule has 0 bridgehead atoms. The molecular formula is C7H7N3O3. The van der Waals surface area contributed by atoms with Gasteiger partial charge in [0.25, 0.3) is 0 Å². The van der Waals surface area contributed by atoms with Crippen LogP contribution in [0.1, 0.15) is 24.6 Å². The molecule has 6 nitrogen and oxygen atoms in total. The van der Waals surface area contributed by atoms with Gasteiger partial charge in [-0.25, -0.2) is 4.98 Å². The highest BCUT2D eigenvalue weighted by molar-refractivity contribution is 5.89. The first kappa shape index (κ1) is 7.90. The second kappa shape index (κ2) is 2.96. The molecule has 1 aromatic heterocycles. The van der Waals surface area contributed by atoms with Gasteiger partial charge in [0.05, 0.1) is 12.8 Å². The quantitative estimate of drug-likeness (QED) is 0.477. The molecule has 1 aromatic rings. The van der Waals surface area contributed by atoms with Crippen molar-refractivity contribution in [2.75, 3.05) is 0 Å². The maximum absolute atomic E-state index is 10.9. The summed E-state index contributed by atoms with van der Waals surface area (Å²) in [6, 6.07) is 0. The Kier molecular flexibility index (Phi) is 1.80. The van der Waals surface area contributed by atoms with Crippen molar-refractivity contribution in [2.24, 2.45) is 0 Å². The van der Waals surface area contributed by atoms with Gasteiger partial charge < -0.3 is 4.74 Å². The van der Waals surface area contributed by atoms with Gasteiger partial charge in [0.15, 0.2) is 0 Å². The van der Waals surface area contributed by atoms with Crippen LogP contribution < -0.4 is 0 Å². The summed E-state index contributed by atoms with van der Waals surface area (Å²) in [5.41, 5.74) is 0. The van der Waals surface area contributed by atoms with Crippen LogP contribution in [0.15, 0.2) is 6.33 Å². The van der Waals surface area contributed by atoms with Crippen LogP contribution in [0.4, 0.5) is 0 Å². The lowest BCUT2D eigenvalue weighted by atomic mass is 9.99. The molecule has 1 fully saturated rings. The van der Waals surface area contributed by atoms with Crippen molar-refractivity contribution in [3.05, 3.63) is 12.2 Å². The molecule has 1 aliphatic rings. The van der Waals surface area contributed by atoms with E-state index in [2.05, 4.69) is 19.9 Å². The van der Waals surface area contributed by atoms with Gasteiger partial charge in [-0.2, -0.15) is 5.10 Å². The molecule has 13 heavy (non-hydrogen) atoms. The largest absolute Gasteiger partial charge is 0.393 e. The Balaban J connectivity index is 2.16. The van der Waals surface area contributed by atoms with Crippen molar-refractivity contribution in [1.82, 2.24) is 15.2 Å². The van der Waals surface area contributed by atoms with Gasteiger partial charge in [-0.05, 0) is 0 Å². The number of H-pyrrole nitrogens is 1. The van der Waals surface area contributed by atoms with Crippen LogP contribution in [0.25, 0.3) is 0 Å².